The molecule has 0 heterocycles. The molecule has 0 saturated heterocycles. The lowest BCUT2D eigenvalue weighted by atomic mass is 9.79. The van der Waals surface area contributed by atoms with Gasteiger partial charge in [-0.15, -0.1) is 0 Å². The zero-order valence-electron chi connectivity index (χ0n) is 12.3. The summed E-state index contributed by atoms with van der Waals surface area (Å²) in [4.78, 5) is 12.2. The Labute approximate surface area is 120 Å². The minimum atomic E-state index is -0.754. The average molecular weight is 276 g/mol. The van der Waals surface area contributed by atoms with Crippen LogP contribution in [0.15, 0.2) is 18.2 Å². The summed E-state index contributed by atoms with van der Waals surface area (Å²) in [6, 6.07) is 5.31. The molecular weight excluding hydrogens is 252 g/mol. The summed E-state index contributed by atoms with van der Waals surface area (Å²) < 4.78 is 0. The molecule has 0 aliphatic heterocycles. The summed E-state index contributed by atoms with van der Waals surface area (Å²) in [7, 11) is 0. The Balaban J connectivity index is 1.97. The number of aliphatic hydroxyl groups is 1. The Bertz CT molecular complexity index is 491. The van der Waals surface area contributed by atoms with E-state index in [1.165, 1.54) is 0 Å². The molecule has 1 aromatic rings. The van der Waals surface area contributed by atoms with Gasteiger partial charge in [-0.2, -0.15) is 0 Å². The zero-order valence-corrected chi connectivity index (χ0v) is 12.3. The molecule has 4 heteroatoms. The van der Waals surface area contributed by atoms with Crippen LogP contribution in [0.5, 0.6) is 0 Å². The van der Waals surface area contributed by atoms with Crippen molar-refractivity contribution in [2.75, 3.05) is 12.3 Å². The van der Waals surface area contributed by atoms with Crippen LogP contribution in [-0.4, -0.2) is 23.2 Å². The van der Waals surface area contributed by atoms with Crippen LogP contribution < -0.4 is 11.1 Å². The highest BCUT2D eigenvalue weighted by atomic mass is 16.3. The fourth-order valence-electron chi connectivity index (χ4n) is 2.72. The molecule has 1 aromatic carbocycles. The Hall–Kier alpha value is -1.55. The molecule has 1 aliphatic carbocycles. The molecule has 4 nitrogen and oxygen atoms in total. The number of nitrogen functional groups attached to an aromatic ring is 1. The van der Waals surface area contributed by atoms with Crippen molar-refractivity contribution in [3.63, 3.8) is 0 Å². The first kappa shape index (κ1) is 14.9. The molecule has 0 bridgehead atoms. The fraction of sp³-hybridized carbons (Fsp3) is 0.562. The molecule has 1 fully saturated rings. The first-order chi connectivity index (χ1) is 9.41. The second-order valence-corrected chi connectivity index (χ2v) is 6.11. The van der Waals surface area contributed by atoms with Gasteiger partial charge < -0.3 is 16.2 Å². The molecule has 4 N–H and O–H groups in total. The maximum absolute atomic E-state index is 12.2. The van der Waals surface area contributed by atoms with Gasteiger partial charge in [-0.1, -0.05) is 13.0 Å². The molecule has 1 amide bonds. The van der Waals surface area contributed by atoms with E-state index in [1.54, 1.807) is 18.2 Å². The van der Waals surface area contributed by atoms with Crippen LogP contribution in [0.1, 0.15) is 48.5 Å². The van der Waals surface area contributed by atoms with Crippen LogP contribution in [0.4, 0.5) is 5.69 Å². The monoisotopic (exact) mass is 276 g/mol. The van der Waals surface area contributed by atoms with Crippen molar-refractivity contribution >= 4 is 11.6 Å². The van der Waals surface area contributed by atoms with Gasteiger partial charge in [-0.3, -0.25) is 4.79 Å². The SMILES string of the molecule is Cc1c(N)cccc1C(=O)NCC1(O)CCC(C)CC1. The van der Waals surface area contributed by atoms with E-state index in [-0.39, 0.29) is 5.91 Å². The molecule has 0 unspecified atom stereocenters. The van der Waals surface area contributed by atoms with Crippen molar-refractivity contribution in [2.45, 2.75) is 45.1 Å². The summed E-state index contributed by atoms with van der Waals surface area (Å²) in [5.41, 5.74) is 7.04. The normalized spacial score (nSPS) is 26.2. The quantitative estimate of drug-likeness (QED) is 0.741. The van der Waals surface area contributed by atoms with Gasteiger partial charge in [0.1, 0.15) is 0 Å². The van der Waals surface area contributed by atoms with Crippen LogP contribution in [0.2, 0.25) is 0 Å². The van der Waals surface area contributed by atoms with E-state index in [4.69, 9.17) is 5.73 Å². The van der Waals surface area contributed by atoms with E-state index in [2.05, 4.69) is 12.2 Å². The van der Waals surface area contributed by atoms with E-state index in [9.17, 15) is 9.90 Å². The van der Waals surface area contributed by atoms with Crippen LogP contribution in [-0.2, 0) is 0 Å². The smallest absolute Gasteiger partial charge is 0.251 e. The topological polar surface area (TPSA) is 75.4 Å². The van der Waals surface area contributed by atoms with Crippen molar-refractivity contribution in [3.05, 3.63) is 29.3 Å². The number of rotatable bonds is 3. The predicted molar refractivity (Wildman–Crippen MR) is 80.5 cm³/mol. The first-order valence-electron chi connectivity index (χ1n) is 7.27. The predicted octanol–water partition coefficient (Wildman–Crippen LogP) is 2.25. The first-order valence-corrected chi connectivity index (χ1v) is 7.27. The zero-order chi connectivity index (χ0) is 14.8. The maximum atomic E-state index is 12.2. The summed E-state index contributed by atoms with van der Waals surface area (Å²) >= 11 is 0. The number of hydrogen-bond donors (Lipinski definition) is 3. The number of carbonyl (C=O) groups is 1. The average Bonchev–Trinajstić information content (AvgIpc) is 2.43. The fourth-order valence-corrected chi connectivity index (χ4v) is 2.72. The number of anilines is 1. The van der Waals surface area contributed by atoms with Crippen LogP contribution >= 0.6 is 0 Å². The molecule has 0 radical (unpaired) electrons. The molecule has 1 saturated carbocycles. The lowest BCUT2D eigenvalue weighted by molar-refractivity contribution is -0.00540. The van der Waals surface area contributed by atoms with Crippen LogP contribution in [0.25, 0.3) is 0 Å². The lowest BCUT2D eigenvalue weighted by Gasteiger charge is -2.35. The Kier molecular flexibility index (Phi) is 4.33. The number of amides is 1. The molecule has 0 atom stereocenters. The highest BCUT2D eigenvalue weighted by molar-refractivity contribution is 5.96. The number of nitrogens with one attached hydrogen (secondary N) is 1. The second kappa shape index (κ2) is 5.83. The second-order valence-electron chi connectivity index (χ2n) is 6.11. The van der Waals surface area contributed by atoms with Crippen molar-refractivity contribution in [1.29, 1.82) is 0 Å². The van der Waals surface area contributed by atoms with Gasteiger partial charge in [-0.05, 0) is 56.2 Å². The molecular formula is C16H24N2O2. The summed E-state index contributed by atoms with van der Waals surface area (Å²) in [5, 5.41) is 13.3. The van der Waals surface area contributed by atoms with E-state index < -0.39 is 5.60 Å². The number of carbonyl (C=O) groups excluding carboxylic acids is 1. The molecule has 0 aromatic heterocycles. The molecule has 20 heavy (non-hydrogen) atoms. The Morgan fingerprint density at radius 2 is 2.10 bits per heavy atom. The minimum absolute atomic E-state index is 0.165. The third-order valence-corrected chi connectivity index (χ3v) is 4.40. The third kappa shape index (κ3) is 3.31. The van der Waals surface area contributed by atoms with Crippen molar-refractivity contribution < 1.29 is 9.90 Å². The van der Waals surface area contributed by atoms with Gasteiger partial charge in [-0.25, -0.2) is 0 Å². The number of hydrogen-bond acceptors (Lipinski definition) is 3. The van der Waals surface area contributed by atoms with E-state index in [0.29, 0.717) is 23.7 Å². The minimum Gasteiger partial charge on any atom is -0.398 e. The van der Waals surface area contributed by atoms with Crippen LogP contribution in [0.3, 0.4) is 0 Å². The van der Waals surface area contributed by atoms with Gasteiger partial charge in [0.15, 0.2) is 0 Å². The number of nitrogens with two attached hydrogens (primary N) is 1. The highest BCUT2D eigenvalue weighted by Crippen LogP contribution is 2.31. The summed E-state index contributed by atoms with van der Waals surface area (Å²) in [6.07, 6.45) is 3.54. The van der Waals surface area contributed by atoms with E-state index in [0.717, 1.165) is 31.2 Å². The van der Waals surface area contributed by atoms with Gasteiger partial charge in [0.2, 0.25) is 0 Å². The summed E-state index contributed by atoms with van der Waals surface area (Å²) in [5.74, 6) is 0.504. The Morgan fingerprint density at radius 3 is 2.75 bits per heavy atom. The van der Waals surface area contributed by atoms with Gasteiger partial charge in [0, 0.05) is 17.8 Å². The van der Waals surface area contributed by atoms with E-state index in [1.807, 2.05) is 6.92 Å². The third-order valence-electron chi connectivity index (χ3n) is 4.40. The van der Waals surface area contributed by atoms with E-state index >= 15 is 0 Å². The van der Waals surface area contributed by atoms with Gasteiger partial charge in [0.05, 0.1) is 5.60 Å². The van der Waals surface area contributed by atoms with Crippen molar-refractivity contribution in [1.82, 2.24) is 5.32 Å². The Morgan fingerprint density at radius 1 is 1.45 bits per heavy atom. The largest absolute Gasteiger partial charge is 0.398 e. The van der Waals surface area contributed by atoms with Gasteiger partial charge >= 0.3 is 0 Å². The lowest BCUT2D eigenvalue weighted by Crippen LogP contribution is -2.45. The van der Waals surface area contributed by atoms with Gasteiger partial charge in [0.25, 0.3) is 5.91 Å². The number of benzene rings is 1. The molecule has 0 spiro atoms. The highest BCUT2D eigenvalue weighted by Gasteiger charge is 2.32. The molecule has 1 aliphatic rings. The maximum Gasteiger partial charge on any atom is 0.251 e. The van der Waals surface area contributed by atoms with Crippen molar-refractivity contribution in [2.24, 2.45) is 5.92 Å². The standard InChI is InChI=1S/C16H24N2O2/c1-11-6-8-16(20,9-7-11)10-18-15(19)13-4-3-5-14(17)12(13)2/h3-5,11,20H,6-10,17H2,1-2H3,(H,18,19). The van der Waals surface area contributed by atoms with Crippen molar-refractivity contribution in [3.8, 4) is 0 Å². The van der Waals surface area contributed by atoms with Crippen LogP contribution in [0, 0.1) is 12.8 Å². The molecule has 110 valence electrons. The summed E-state index contributed by atoms with van der Waals surface area (Å²) in [6.45, 7) is 4.35. The molecule has 2 rings (SSSR count).